The van der Waals surface area contributed by atoms with Crippen LogP contribution in [0.25, 0.3) is 11.4 Å². The Balaban J connectivity index is 1.71. The molecule has 3 aromatic rings. The number of rotatable bonds is 5. The largest absolute Gasteiger partial charge is 0.360 e. The average Bonchev–Trinajstić information content (AvgIpc) is 3.14. The first kappa shape index (κ1) is 17.3. The van der Waals surface area contributed by atoms with Gasteiger partial charge in [-0.3, -0.25) is 4.79 Å². The van der Waals surface area contributed by atoms with Crippen molar-refractivity contribution in [1.29, 1.82) is 0 Å². The number of aryl methyl sites for hydroxylation is 1. The minimum Gasteiger partial charge on any atom is -0.360 e. The van der Waals surface area contributed by atoms with Gasteiger partial charge in [-0.15, -0.1) is 10.2 Å². The minimum absolute atomic E-state index is 0.245. The molecule has 3 N–H and O–H groups in total. The Kier molecular flexibility index (Phi) is 4.95. The molecule has 0 fully saturated rings. The molecule has 2 aromatic heterocycles. The molecule has 0 aliphatic rings. The quantitative estimate of drug-likeness (QED) is 0.518. The smallest absolute Gasteiger partial charge is 0.238 e. The number of nitrogens with two attached hydrogens (primary N) is 1. The zero-order valence-corrected chi connectivity index (χ0v) is 15.0. The highest BCUT2D eigenvalue weighted by Gasteiger charge is 2.21. The molecule has 0 bridgehead atoms. The summed E-state index contributed by atoms with van der Waals surface area (Å²) in [6.07, 6.45) is 0. The number of thioether (sulfide) groups is 1. The van der Waals surface area contributed by atoms with E-state index in [1.165, 1.54) is 16.4 Å². The summed E-state index contributed by atoms with van der Waals surface area (Å²) in [5.74, 6) is 7.26. The molecule has 1 aromatic carbocycles. The maximum absolute atomic E-state index is 12.2. The van der Waals surface area contributed by atoms with Crippen LogP contribution in [0.1, 0.15) is 12.7 Å². The molecular formula is C15H15ClN6O2S. The van der Waals surface area contributed by atoms with E-state index < -0.39 is 5.25 Å². The highest BCUT2D eigenvalue weighted by Crippen LogP contribution is 2.26. The molecule has 25 heavy (non-hydrogen) atoms. The fraction of sp³-hybridized carbons (Fsp3) is 0.200. The van der Waals surface area contributed by atoms with Crippen LogP contribution in [0.4, 0.5) is 5.82 Å². The van der Waals surface area contributed by atoms with Crippen LogP contribution in [0.5, 0.6) is 0 Å². The van der Waals surface area contributed by atoms with Gasteiger partial charge in [-0.05, 0) is 26.0 Å². The van der Waals surface area contributed by atoms with E-state index in [-0.39, 0.29) is 5.91 Å². The predicted molar refractivity (Wildman–Crippen MR) is 95.8 cm³/mol. The number of nitrogens with one attached hydrogen (secondary N) is 1. The number of aromatic nitrogens is 4. The van der Waals surface area contributed by atoms with Crippen LogP contribution in [0.15, 0.2) is 40.0 Å². The molecule has 1 amide bonds. The normalized spacial score (nSPS) is 12.1. The second-order valence-electron chi connectivity index (χ2n) is 5.26. The Bertz CT molecular complexity index is 909. The molecule has 130 valence electrons. The first-order valence-electron chi connectivity index (χ1n) is 7.31. The van der Waals surface area contributed by atoms with Crippen LogP contribution in [0.2, 0.25) is 5.02 Å². The lowest BCUT2D eigenvalue weighted by Crippen LogP contribution is -2.23. The van der Waals surface area contributed by atoms with Crippen LogP contribution >= 0.6 is 23.4 Å². The number of carbonyl (C=O) groups excluding carboxylic acids is 1. The van der Waals surface area contributed by atoms with Crippen LogP contribution in [-0.2, 0) is 4.79 Å². The summed E-state index contributed by atoms with van der Waals surface area (Å²) >= 11 is 7.17. The van der Waals surface area contributed by atoms with E-state index in [0.717, 1.165) is 5.56 Å². The summed E-state index contributed by atoms with van der Waals surface area (Å²) in [7, 11) is 0. The topological polar surface area (TPSA) is 112 Å². The Labute approximate surface area is 152 Å². The molecule has 2 heterocycles. The summed E-state index contributed by atoms with van der Waals surface area (Å²) < 4.78 is 6.25. The molecule has 8 nitrogen and oxygen atoms in total. The zero-order chi connectivity index (χ0) is 18.0. The number of benzene rings is 1. The SMILES string of the molecule is Cc1cc(NC(=O)[C@H](C)Sc2nnc(-c3cccc(Cl)c3)n2N)no1. The maximum Gasteiger partial charge on any atom is 0.238 e. The highest BCUT2D eigenvalue weighted by atomic mass is 35.5. The van der Waals surface area contributed by atoms with Crippen LogP contribution < -0.4 is 11.2 Å². The van der Waals surface area contributed by atoms with Gasteiger partial charge in [0.15, 0.2) is 11.6 Å². The van der Waals surface area contributed by atoms with Crippen LogP contribution in [-0.4, -0.2) is 31.2 Å². The molecule has 0 saturated carbocycles. The van der Waals surface area contributed by atoms with Crippen LogP contribution in [0.3, 0.4) is 0 Å². The maximum atomic E-state index is 12.2. The minimum atomic E-state index is -0.462. The van der Waals surface area contributed by atoms with E-state index >= 15 is 0 Å². The van der Waals surface area contributed by atoms with E-state index in [1.807, 2.05) is 6.07 Å². The van der Waals surface area contributed by atoms with Gasteiger partial charge in [0.1, 0.15) is 5.76 Å². The third kappa shape index (κ3) is 3.94. The fourth-order valence-electron chi connectivity index (χ4n) is 2.05. The Hall–Kier alpha value is -2.52. The van der Waals surface area contributed by atoms with Gasteiger partial charge in [-0.2, -0.15) is 0 Å². The van der Waals surface area contributed by atoms with Gasteiger partial charge < -0.3 is 15.7 Å². The van der Waals surface area contributed by atoms with Gasteiger partial charge in [0.25, 0.3) is 0 Å². The molecule has 10 heteroatoms. The van der Waals surface area contributed by atoms with Gasteiger partial charge in [0, 0.05) is 16.7 Å². The van der Waals surface area contributed by atoms with Crippen molar-refractivity contribution >= 4 is 35.1 Å². The standard InChI is InChI=1S/C15H15ClN6O2S/c1-8-6-12(21-24-8)18-14(23)9(2)25-15-20-19-13(22(15)17)10-4-3-5-11(16)7-10/h3-7,9H,17H2,1-2H3,(H,18,21,23)/t9-/m0/s1. The molecule has 0 radical (unpaired) electrons. The van der Waals surface area contributed by atoms with E-state index in [0.29, 0.717) is 27.6 Å². The van der Waals surface area contributed by atoms with Crippen molar-refractivity contribution < 1.29 is 9.32 Å². The summed E-state index contributed by atoms with van der Waals surface area (Å²) in [6, 6.07) is 8.77. The summed E-state index contributed by atoms with van der Waals surface area (Å²) in [6.45, 7) is 3.48. The van der Waals surface area contributed by atoms with Crippen molar-refractivity contribution in [1.82, 2.24) is 20.0 Å². The number of nitrogens with zero attached hydrogens (tertiary/aromatic N) is 4. The molecular weight excluding hydrogens is 364 g/mol. The van der Waals surface area contributed by atoms with Gasteiger partial charge in [-0.1, -0.05) is 40.7 Å². The van der Waals surface area contributed by atoms with E-state index in [1.54, 1.807) is 38.1 Å². The Morgan fingerprint density at radius 1 is 1.40 bits per heavy atom. The first-order valence-corrected chi connectivity index (χ1v) is 8.57. The Morgan fingerprint density at radius 2 is 2.20 bits per heavy atom. The monoisotopic (exact) mass is 378 g/mol. The summed E-state index contributed by atoms with van der Waals surface area (Å²) in [4.78, 5) is 12.2. The highest BCUT2D eigenvalue weighted by molar-refractivity contribution is 8.00. The lowest BCUT2D eigenvalue weighted by molar-refractivity contribution is -0.115. The van der Waals surface area contributed by atoms with Gasteiger partial charge in [-0.25, -0.2) is 4.68 Å². The number of amides is 1. The van der Waals surface area contributed by atoms with E-state index in [2.05, 4.69) is 20.7 Å². The molecule has 0 unspecified atom stereocenters. The average molecular weight is 379 g/mol. The second kappa shape index (κ2) is 7.16. The summed E-state index contributed by atoms with van der Waals surface area (Å²) in [5, 5.41) is 15.0. The number of anilines is 1. The Morgan fingerprint density at radius 3 is 2.88 bits per heavy atom. The lowest BCUT2D eigenvalue weighted by Gasteiger charge is -2.09. The number of halogens is 1. The molecule has 0 aliphatic heterocycles. The third-order valence-electron chi connectivity index (χ3n) is 3.28. The first-order chi connectivity index (χ1) is 11.9. The van der Waals surface area contributed by atoms with Crippen molar-refractivity contribution in [3.63, 3.8) is 0 Å². The number of hydrogen-bond donors (Lipinski definition) is 2. The molecule has 0 saturated heterocycles. The van der Waals surface area contributed by atoms with Crippen molar-refractivity contribution in [2.45, 2.75) is 24.3 Å². The molecule has 0 spiro atoms. The van der Waals surface area contributed by atoms with Crippen molar-refractivity contribution in [2.75, 3.05) is 11.2 Å². The van der Waals surface area contributed by atoms with Crippen molar-refractivity contribution in [2.24, 2.45) is 0 Å². The molecule has 0 aliphatic carbocycles. The van der Waals surface area contributed by atoms with Crippen molar-refractivity contribution in [3.8, 4) is 11.4 Å². The second-order valence-corrected chi connectivity index (χ2v) is 7.00. The molecule has 1 atom stereocenters. The van der Waals surface area contributed by atoms with Gasteiger partial charge in [0.2, 0.25) is 11.1 Å². The number of carbonyl (C=O) groups is 1. The number of hydrogen-bond acceptors (Lipinski definition) is 7. The van der Waals surface area contributed by atoms with Crippen LogP contribution in [0, 0.1) is 6.92 Å². The third-order valence-corrected chi connectivity index (χ3v) is 4.57. The van der Waals surface area contributed by atoms with E-state index in [9.17, 15) is 4.79 Å². The van der Waals surface area contributed by atoms with Gasteiger partial charge in [0.05, 0.1) is 5.25 Å². The zero-order valence-electron chi connectivity index (χ0n) is 13.4. The van der Waals surface area contributed by atoms with E-state index in [4.69, 9.17) is 22.0 Å². The fourth-order valence-corrected chi connectivity index (χ4v) is 3.01. The summed E-state index contributed by atoms with van der Waals surface area (Å²) in [5.41, 5.74) is 0.740. The lowest BCUT2D eigenvalue weighted by atomic mass is 10.2. The number of nitrogen functional groups attached to an aromatic ring is 1. The van der Waals surface area contributed by atoms with Crippen molar-refractivity contribution in [3.05, 3.63) is 41.1 Å². The molecule has 3 rings (SSSR count). The van der Waals surface area contributed by atoms with Gasteiger partial charge >= 0.3 is 0 Å². The predicted octanol–water partition coefficient (Wildman–Crippen LogP) is 2.73.